The smallest absolute Gasteiger partial charge is 0.237 e. The summed E-state index contributed by atoms with van der Waals surface area (Å²) in [6.45, 7) is 2.12. The van der Waals surface area contributed by atoms with Gasteiger partial charge in [0.2, 0.25) is 5.91 Å². The predicted molar refractivity (Wildman–Crippen MR) is 68.8 cm³/mol. The Morgan fingerprint density at radius 3 is 2.78 bits per heavy atom. The molecule has 0 spiro atoms. The molecule has 0 N–H and O–H groups in total. The number of carbonyl (C=O) groups excluding carboxylic acids is 2. The standard InChI is InChI=1S/C14H17NO3/c1-10(16)11-6-5-9-15(14(11)17)12-7-3-4-8-13(12)18-2/h3-4,7-8,11H,5-6,9H2,1-2H3/t11-/m0/s1. The third kappa shape index (κ3) is 2.23. The molecule has 0 aliphatic carbocycles. The van der Waals surface area contributed by atoms with Gasteiger partial charge >= 0.3 is 0 Å². The van der Waals surface area contributed by atoms with Crippen LogP contribution >= 0.6 is 0 Å². The van der Waals surface area contributed by atoms with Crippen LogP contribution in [0, 0.1) is 5.92 Å². The van der Waals surface area contributed by atoms with Gasteiger partial charge < -0.3 is 9.64 Å². The maximum Gasteiger partial charge on any atom is 0.237 e. The first-order chi connectivity index (χ1) is 8.65. The Bertz CT molecular complexity index is 470. The number of ether oxygens (including phenoxy) is 1. The molecule has 0 unspecified atom stereocenters. The van der Waals surface area contributed by atoms with Crippen LogP contribution in [0.25, 0.3) is 0 Å². The van der Waals surface area contributed by atoms with Crippen LogP contribution < -0.4 is 9.64 Å². The van der Waals surface area contributed by atoms with Crippen molar-refractivity contribution in [2.24, 2.45) is 5.92 Å². The van der Waals surface area contributed by atoms with Gasteiger partial charge in [-0.2, -0.15) is 0 Å². The molecular weight excluding hydrogens is 230 g/mol. The molecule has 2 rings (SSSR count). The van der Waals surface area contributed by atoms with E-state index < -0.39 is 5.92 Å². The van der Waals surface area contributed by atoms with Gasteiger partial charge in [-0.05, 0) is 31.9 Å². The fraction of sp³-hybridized carbons (Fsp3) is 0.429. The van der Waals surface area contributed by atoms with E-state index in [-0.39, 0.29) is 11.7 Å². The van der Waals surface area contributed by atoms with E-state index in [9.17, 15) is 9.59 Å². The molecule has 1 aliphatic heterocycles. The van der Waals surface area contributed by atoms with E-state index >= 15 is 0 Å². The van der Waals surface area contributed by atoms with Crippen LogP contribution in [-0.4, -0.2) is 25.3 Å². The number of nitrogens with zero attached hydrogens (tertiary/aromatic N) is 1. The number of anilines is 1. The van der Waals surface area contributed by atoms with Crippen molar-refractivity contribution in [2.45, 2.75) is 19.8 Å². The summed E-state index contributed by atoms with van der Waals surface area (Å²) in [7, 11) is 1.58. The van der Waals surface area contributed by atoms with Crippen molar-refractivity contribution in [1.29, 1.82) is 0 Å². The summed E-state index contributed by atoms with van der Waals surface area (Å²) in [5, 5.41) is 0. The minimum absolute atomic E-state index is 0.0559. The highest BCUT2D eigenvalue weighted by Gasteiger charge is 2.33. The number of methoxy groups -OCH3 is 1. The van der Waals surface area contributed by atoms with E-state index in [2.05, 4.69) is 0 Å². The molecule has 1 amide bonds. The van der Waals surface area contributed by atoms with Crippen LogP contribution in [0.3, 0.4) is 0 Å². The first-order valence-corrected chi connectivity index (χ1v) is 6.10. The molecule has 18 heavy (non-hydrogen) atoms. The molecule has 1 heterocycles. The fourth-order valence-corrected chi connectivity index (χ4v) is 2.34. The Labute approximate surface area is 107 Å². The van der Waals surface area contributed by atoms with Gasteiger partial charge in [0.25, 0.3) is 0 Å². The predicted octanol–water partition coefficient (Wildman–Crippen LogP) is 2.03. The topological polar surface area (TPSA) is 46.6 Å². The summed E-state index contributed by atoms with van der Waals surface area (Å²) in [6, 6.07) is 7.39. The van der Waals surface area contributed by atoms with E-state index in [1.807, 2.05) is 24.3 Å². The highest BCUT2D eigenvalue weighted by atomic mass is 16.5. The molecule has 0 aromatic heterocycles. The zero-order valence-corrected chi connectivity index (χ0v) is 10.7. The molecule has 0 saturated carbocycles. The van der Waals surface area contributed by atoms with Crippen LogP contribution in [-0.2, 0) is 9.59 Å². The first kappa shape index (κ1) is 12.6. The second-order valence-corrected chi connectivity index (χ2v) is 4.47. The second-order valence-electron chi connectivity index (χ2n) is 4.47. The van der Waals surface area contributed by atoms with Crippen molar-refractivity contribution in [3.05, 3.63) is 24.3 Å². The van der Waals surface area contributed by atoms with Crippen molar-refractivity contribution in [3.63, 3.8) is 0 Å². The molecule has 0 radical (unpaired) electrons. The Morgan fingerprint density at radius 2 is 2.11 bits per heavy atom. The van der Waals surface area contributed by atoms with Gasteiger partial charge in [-0.3, -0.25) is 9.59 Å². The average Bonchev–Trinajstić information content (AvgIpc) is 2.38. The number of rotatable bonds is 3. The lowest BCUT2D eigenvalue weighted by Crippen LogP contribution is -2.43. The summed E-state index contributed by atoms with van der Waals surface area (Å²) in [4.78, 5) is 25.4. The molecule has 1 atom stereocenters. The quantitative estimate of drug-likeness (QED) is 0.768. The Hall–Kier alpha value is -1.84. The summed E-state index contributed by atoms with van der Waals surface area (Å²) in [6.07, 6.45) is 1.49. The molecular formula is C14H17NO3. The largest absolute Gasteiger partial charge is 0.495 e. The van der Waals surface area contributed by atoms with E-state index in [0.717, 1.165) is 12.1 Å². The van der Waals surface area contributed by atoms with Crippen molar-refractivity contribution in [1.82, 2.24) is 0 Å². The summed E-state index contributed by atoms with van der Waals surface area (Å²) in [5.41, 5.74) is 0.746. The molecule has 4 nitrogen and oxygen atoms in total. The lowest BCUT2D eigenvalue weighted by molar-refractivity contribution is -0.132. The maximum absolute atomic E-state index is 12.3. The molecule has 4 heteroatoms. The Morgan fingerprint density at radius 1 is 1.39 bits per heavy atom. The van der Waals surface area contributed by atoms with Gasteiger partial charge in [0.15, 0.2) is 0 Å². The number of piperidine rings is 1. The fourth-order valence-electron chi connectivity index (χ4n) is 2.34. The average molecular weight is 247 g/mol. The molecule has 96 valence electrons. The minimum Gasteiger partial charge on any atom is -0.495 e. The van der Waals surface area contributed by atoms with E-state index in [0.29, 0.717) is 18.7 Å². The van der Waals surface area contributed by atoms with Gasteiger partial charge in [-0.1, -0.05) is 12.1 Å². The van der Waals surface area contributed by atoms with Crippen LogP contribution in [0.2, 0.25) is 0 Å². The third-order valence-corrected chi connectivity index (χ3v) is 3.31. The van der Waals surface area contributed by atoms with Gasteiger partial charge in [0.05, 0.1) is 18.7 Å². The molecule has 1 aliphatic rings. The number of carbonyl (C=O) groups is 2. The lowest BCUT2D eigenvalue weighted by atomic mass is 9.93. The highest BCUT2D eigenvalue weighted by Crippen LogP contribution is 2.32. The summed E-state index contributed by atoms with van der Waals surface area (Å²) in [5.74, 6) is -0.00318. The second kappa shape index (κ2) is 5.21. The van der Waals surface area contributed by atoms with Crippen LogP contribution in [0.15, 0.2) is 24.3 Å². The van der Waals surface area contributed by atoms with Crippen molar-refractivity contribution >= 4 is 17.4 Å². The SMILES string of the molecule is COc1ccccc1N1CCC[C@@H](C(C)=O)C1=O. The van der Waals surface area contributed by atoms with Gasteiger partial charge in [-0.25, -0.2) is 0 Å². The number of hydrogen-bond acceptors (Lipinski definition) is 3. The Balaban J connectivity index is 2.32. The zero-order chi connectivity index (χ0) is 13.1. The summed E-state index contributed by atoms with van der Waals surface area (Å²) < 4.78 is 5.26. The van der Waals surface area contributed by atoms with Crippen molar-refractivity contribution < 1.29 is 14.3 Å². The van der Waals surface area contributed by atoms with E-state index in [1.54, 1.807) is 12.0 Å². The first-order valence-electron chi connectivity index (χ1n) is 6.10. The Kier molecular flexibility index (Phi) is 3.65. The molecule has 1 saturated heterocycles. The third-order valence-electron chi connectivity index (χ3n) is 3.31. The van der Waals surface area contributed by atoms with E-state index in [1.165, 1.54) is 6.92 Å². The number of Topliss-reactive ketones (excluding diaryl/α,β-unsaturated/α-hetero) is 1. The van der Waals surface area contributed by atoms with Gasteiger partial charge in [0.1, 0.15) is 11.5 Å². The van der Waals surface area contributed by atoms with Crippen LogP contribution in [0.1, 0.15) is 19.8 Å². The van der Waals surface area contributed by atoms with Gasteiger partial charge in [0, 0.05) is 6.54 Å². The van der Waals surface area contributed by atoms with Crippen LogP contribution in [0.5, 0.6) is 5.75 Å². The molecule has 1 aromatic carbocycles. The molecule has 1 aromatic rings. The lowest BCUT2D eigenvalue weighted by Gasteiger charge is -2.32. The number of benzene rings is 1. The number of amides is 1. The van der Waals surface area contributed by atoms with Crippen molar-refractivity contribution in [3.8, 4) is 5.75 Å². The molecule has 0 bridgehead atoms. The van der Waals surface area contributed by atoms with Crippen LogP contribution in [0.4, 0.5) is 5.69 Å². The molecule has 1 fully saturated rings. The van der Waals surface area contributed by atoms with Gasteiger partial charge in [-0.15, -0.1) is 0 Å². The maximum atomic E-state index is 12.3. The highest BCUT2D eigenvalue weighted by molar-refractivity contribution is 6.08. The van der Waals surface area contributed by atoms with E-state index in [4.69, 9.17) is 4.74 Å². The number of ketones is 1. The number of para-hydroxylation sites is 2. The minimum atomic E-state index is -0.497. The monoisotopic (exact) mass is 247 g/mol. The summed E-state index contributed by atoms with van der Waals surface area (Å²) >= 11 is 0. The normalized spacial score (nSPS) is 19.8. The number of hydrogen-bond donors (Lipinski definition) is 0. The zero-order valence-electron chi connectivity index (χ0n) is 10.7. The van der Waals surface area contributed by atoms with Crippen molar-refractivity contribution in [2.75, 3.05) is 18.6 Å².